The van der Waals surface area contributed by atoms with Crippen LogP contribution in [0.4, 0.5) is 5.13 Å². The van der Waals surface area contributed by atoms with Gasteiger partial charge in [0.1, 0.15) is 5.54 Å². The Labute approximate surface area is 115 Å². The molecule has 2 rings (SSSR count). The highest BCUT2D eigenvalue weighted by Gasteiger charge is 2.48. The van der Waals surface area contributed by atoms with Gasteiger partial charge in [-0.05, 0) is 13.8 Å². The number of likely N-dealkylation sites (N-methyl/N-ethyl adjacent to an activating group) is 1. The summed E-state index contributed by atoms with van der Waals surface area (Å²) in [7, 11) is -2.20. The fourth-order valence-electron chi connectivity index (χ4n) is 2.04. The number of carbonyl (C=O) groups excluding carboxylic acids is 1. The van der Waals surface area contributed by atoms with Gasteiger partial charge in [0.2, 0.25) is 15.4 Å². The van der Waals surface area contributed by atoms with Crippen molar-refractivity contribution in [3.63, 3.8) is 0 Å². The maximum Gasteiger partial charge on any atom is 0.273 e. The standard InChI is InChI=1S/C9H15N5O3S2/c1-9(2)6(15)13(3)4-5-14(9)19(16,17)8-12-11-7(10)18-8/h4-5H2,1-3H3,(H2,10,11). The molecule has 1 fully saturated rings. The molecular weight excluding hydrogens is 290 g/mol. The van der Waals surface area contributed by atoms with Crippen LogP contribution in [0.25, 0.3) is 0 Å². The Bertz CT molecular complexity index is 609. The Balaban J connectivity index is 2.44. The first-order chi connectivity index (χ1) is 8.67. The van der Waals surface area contributed by atoms with E-state index >= 15 is 0 Å². The minimum Gasteiger partial charge on any atom is -0.374 e. The normalized spacial score (nSPS) is 20.8. The predicted octanol–water partition coefficient (Wildman–Crippen LogP) is -0.638. The lowest BCUT2D eigenvalue weighted by Gasteiger charge is -2.42. The van der Waals surface area contributed by atoms with Gasteiger partial charge < -0.3 is 10.6 Å². The molecule has 0 saturated carbocycles. The smallest absolute Gasteiger partial charge is 0.273 e. The van der Waals surface area contributed by atoms with Gasteiger partial charge in [-0.3, -0.25) is 4.79 Å². The number of aromatic nitrogens is 2. The summed E-state index contributed by atoms with van der Waals surface area (Å²) < 4.78 is 25.9. The van der Waals surface area contributed by atoms with Crippen molar-refractivity contribution in [2.24, 2.45) is 0 Å². The summed E-state index contributed by atoms with van der Waals surface area (Å²) in [6.07, 6.45) is 0. The molecule has 0 aliphatic carbocycles. The average Bonchev–Trinajstić information content (AvgIpc) is 2.73. The van der Waals surface area contributed by atoms with Gasteiger partial charge in [0, 0.05) is 20.1 Å². The molecule has 106 valence electrons. The van der Waals surface area contributed by atoms with Gasteiger partial charge in [0.05, 0.1) is 0 Å². The first-order valence-electron chi connectivity index (χ1n) is 5.55. The fraction of sp³-hybridized carbons (Fsp3) is 0.667. The van der Waals surface area contributed by atoms with E-state index in [-0.39, 0.29) is 21.9 Å². The lowest BCUT2D eigenvalue weighted by atomic mass is 10.0. The summed E-state index contributed by atoms with van der Waals surface area (Å²) in [4.78, 5) is 13.6. The van der Waals surface area contributed by atoms with Crippen molar-refractivity contribution < 1.29 is 13.2 Å². The van der Waals surface area contributed by atoms with Gasteiger partial charge in [-0.25, -0.2) is 8.42 Å². The fourth-order valence-corrected chi connectivity index (χ4v) is 4.66. The van der Waals surface area contributed by atoms with Crippen LogP contribution >= 0.6 is 11.3 Å². The van der Waals surface area contributed by atoms with Crippen molar-refractivity contribution in [3.05, 3.63) is 0 Å². The summed E-state index contributed by atoms with van der Waals surface area (Å²) in [6.45, 7) is 3.71. The van der Waals surface area contributed by atoms with E-state index in [2.05, 4.69) is 10.2 Å². The molecule has 19 heavy (non-hydrogen) atoms. The van der Waals surface area contributed by atoms with Gasteiger partial charge in [0.25, 0.3) is 10.0 Å². The molecule has 1 aromatic rings. The Hall–Kier alpha value is -1.26. The summed E-state index contributed by atoms with van der Waals surface area (Å²) in [6, 6.07) is 0. The highest BCUT2D eigenvalue weighted by atomic mass is 32.2. The van der Waals surface area contributed by atoms with Gasteiger partial charge in [-0.1, -0.05) is 11.3 Å². The zero-order valence-corrected chi connectivity index (χ0v) is 12.5. The maximum absolute atomic E-state index is 12.5. The first-order valence-corrected chi connectivity index (χ1v) is 7.80. The van der Waals surface area contributed by atoms with Crippen molar-refractivity contribution in [2.75, 3.05) is 25.9 Å². The molecule has 10 heteroatoms. The average molecular weight is 305 g/mol. The van der Waals surface area contributed by atoms with Crippen molar-refractivity contribution >= 4 is 32.4 Å². The maximum atomic E-state index is 12.5. The molecule has 2 heterocycles. The van der Waals surface area contributed by atoms with Crippen LogP contribution in [0.15, 0.2) is 4.34 Å². The Morgan fingerprint density at radius 3 is 2.47 bits per heavy atom. The van der Waals surface area contributed by atoms with Crippen LogP contribution in [0, 0.1) is 0 Å². The topological polar surface area (TPSA) is 109 Å². The van der Waals surface area contributed by atoms with E-state index in [9.17, 15) is 13.2 Å². The number of carbonyl (C=O) groups is 1. The van der Waals surface area contributed by atoms with E-state index in [1.165, 1.54) is 4.90 Å². The number of hydrogen-bond acceptors (Lipinski definition) is 7. The minimum atomic E-state index is -3.85. The van der Waals surface area contributed by atoms with Crippen LogP contribution in [0.3, 0.4) is 0 Å². The van der Waals surface area contributed by atoms with Crippen LogP contribution in [-0.4, -0.2) is 59.4 Å². The molecule has 2 N–H and O–H groups in total. The Morgan fingerprint density at radius 2 is 1.95 bits per heavy atom. The molecule has 1 saturated heterocycles. The van der Waals surface area contributed by atoms with Gasteiger partial charge in [0.15, 0.2) is 0 Å². The highest BCUT2D eigenvalue weighted by Crippen LogP contribution is 2.30. The van der Waals surface area contributed by atoms with Crippen LogP contribution < -0.4 is 5.73 Å². The van der Waals surface area contributed by atoms with Crippen LogP contribution in [0.5, 0.6) is 0 Å². The van der Waals surface area contributed by atoms with Gasteiger partial charge in [-0.2, -0.15) is 4.31 Å². The van der Waals surface area contributed by atoms with Crippen molar-refractivity contribution in [3.8, 4) is 0 Å². The molecule has 0 spiro atoms. The third-order valence-electron chi connectivity index (χ3n) is 3.06. The number of nitrogen functional groups attached to an aromatic ring is 1. The first kappa shape index (κ1) is 14.2. The predicted molar refractivity (Wildman–Crippen MR) is 69.9 cm³/mol. The zero-order chi connectivity index (χ0) is 14.4. The van der Waals surface area contributed by atoms with Gasteiger partial charge >= 0.3 is 0 Å². The second-order valence-corrected chi connectivity index (χ2v) is 7.81. The molecule has 1 aromatic heterocycles. The van der Waals surface area contributed by atoms with E-state index in [1.807, 2.05) is 0 Å². The van der Waals surface area contributed by atoms with E-state index in [0.717, 1.165) is 15.6 Å². The molecular formula is C9H15N5O3S2. The van der Waals surface area contributed by atoms with E-state index in [0.29, 0.717) is 6.54 Å². The molecule has 1 aliphatic heterocycles. The SMILES string of the molecule is CN1CCN(S(=O)(=O)c2nnc(N)s2)C(C)(C)C1=O. The van der Waals surface area contributed by atoms with Crippen LogP contribution in [-0.2, 0) is 14.8 Å². The molecule has 0 atom stereocenters. The van der Waals surface area contributed by atoms with E-state index in [4.69, 9.17) is 5.73 Å². The molecule has 0 aromatic carbocycles. The molecule has 1 aliphatic rings. The largest absolute Gasteiger partial charge is 0.374 e. The van der Waals surface area contributed by atoms with E-state index < -0.39 is 15.6 Å². The monoisotopic (exact) mass is 305 g/mol. The van der Waals surface area contributed by atoms with Gasteiger partial charge in [-0.15, -0.1) is 10.2 Å². The Morgan fingerprint density at radius 1 is 1.32 bits per heavy atom. The number of hydrogen-bond donors (Lipinski definition) is 1. The summed E-state index contributed by atoms with van der Waals surface area (Å²) in [5, 5.41) is 7.15. The summed E-state index contributed by atoms with van der Waals surface area (Å²) in [5.41, 5.74) is 4.26. The number of nitrogens with zero attached hydrogens (tertiary/aromatic N) is 4. The summed E-state index contributed by atoms with van der Waals surface area (Å²) in [5.74, 6) is -0.250. The zero-order valence-electron chi connectivity index (χ0n) is 10.8. The van der Waals surface area contributed by atoms with Crippen molar-refractivity contribution in [1.29, 1.82) is 0 Å². The number of anilines is 1. The minimum absolute atomic E-state index is 0.0804. The van der Waals surface area contributed by atoms with Crippen molar-refractivity contribution in [2.45, 2.75) is 23.7 Å². The quantitative estimate of drug-likeness (QED) is 0.778. The van der Waals surface area contributed by atoms with Crippen molar-refractivity contribution in [1.82, 2.24) is 19.4 Å². The number of amides is 1. The summed E-state index contributed by atoms with van der Waals surface area (Å²) >= 11 is 0.792. The second kappa shape index (κ2) is 4.39. The molecule has 0 unspecified atom stereocenters. The number of rotatable bonds is 2. The van der Waals surface area contributed by atoms with Crippen LogP contribution in [0.2, 0.25) is 0 Å². The molecule has 8 nitrogen and oxygen atoms in total. The lowest BCUT2D eigenvalue weighted by Crippen LogP contribution is -2.63. The second-order valence-electron chi connectivity index (χ2n) is 4.77. The lowest BCUT2D eigenvalue weighted by molar-refractivity contribution is -0.142. The molecule has 0 radical (unpaired) electrons. The molecule has 0 bridgehead atoms. The molecule has 1 amide bonds. The number of piperazine rings is 1. The van der Waals surface area contributed by atoms with E-state index in [1.54, 1.807) is 20.9 Å². The number of sulfonamides is 1. The highest BCUT2D eigenvalue weighted by molar-refractivity contribution is 7.91. The van der Waals surface area contributed by atoms with Crippen LogP contribution in [0.1, 0.15) is 13.8 Å². The number of nitrogens with two attached hydrogens (primary N) is 1. The third-order valence-corrected chi connectivity index (χ3v) is 6.24. The Kier molecular flexibility index (Phi) is 3.27. The third kappa shape index (κ3) is 2.19.